The van der Waals surface area contributed by atoms with E-state index in [1.807, 2.05) is 26.8 Å². The van der Waals surface area contributed by atoms with E-state index in [4.69, 9.17) is 4.74 Å². The molecule has 7 heteroatoms. The highest BCUT2D eigenvalue weighted by molar-refractivity contribution is 6.83. The summed E-state index contributed by atoms with van der Waals surface area (Å²) in [6, 6.07) is 3.02. The van der Waals surface area contributed by atoms with Gasteiger partial charge in [-0.25, -0.2) is 14.2 Å². The summed E-state index contributed by atoms with van der Waals surface area (Å²) in [6.45, 7) is 12.6. The number of amides is 1. The third-order valence-corrected chi connectivity index (χ3v) is 5.21. The van der Waals surface area contributed by atoms with E-state index < -0.39 is 19.5 Å². The number of ether oxygens (including phenoxy) is 1. The van der Waals surface area contributed by atoms with Gasteiger partial charge in [0.05, 0.1) is 11.6 Å². The minimum Gasteiger partial charge on any atom is -0.444 e. The third-order valence-electron chi connectivity index (χ3n) is 4.34. The van der Waals surface area contributed by atoms with Crippen molar-refractivity contribution in [3.63, 3.8) is 0 Å². The summed E-state index contributed by atoms with van der Waals surface area (Å²) in [4.78, 5) is 21.9. The molecular formula is C21H28FN3O2Si. The standard InChI is InChI=1S/C21H28FN3O2Si/c1-21(2,3)27-20(26)25-10-7-8-17(25)19-23-16-13-14(9-11-28(4,5)6)12-15(22)18(16)24-19/h12-13,17H,7-8,10H2,1-6H3,(H,23,24)/t17-/m0/s1. The molecule has 0 bridgehead atoms. The van der Waals surface area contributed by atoms with Gasteiger partial charge in [0, 0.05) is 12.1 Å². The van der Waals surface area contributed by atoms with Crippen LogP contribution in [-0.2, 0) is 4.74 Å². The van der Waals surface area contributed by atoms with Gasteiger partial charge in [0.15, 0.2) is 5.82 Å². The van der Waals surface area contributed by atoms with E-state index in [9.17, 15) is 9.18 Å². The molecular weight excluding hydrogens is 373 g/mol. The summed E-state index contributed by atoms with van der Waals surface area (Å²) in [7, 11) is -1.55. The number of likely N-dealkylation sites (tertiary alicyclic amines) is 1. The summed E-state index contributed by atoms with van der Waals surface area (Å²) in [5.41, 5.74) is 4.21. The van der Waals surface area contributed by atoms with Gasteiger partial charge in [-0.1, -0.05) is 25.6 Å². The van der Waals surface area contributed by atoms with E-state index in [1.54, 1.807) is 4.90 Å². The molecule has 1 fully saturated rings. The molecule has 28 heavy (non-hydrogen) atoms. The van der Waals surface area contributed by atoms with Gasteiger partial charge in [-0.2, -0.15) is 0 Å². The van der Waals surface area contributed by atoms with Crippen LogP contribution in [-0.4, -0.2) is 41.2 Å². The number of carbonyl (C=O) groups excluding carboxylic acids is 1. The summed E-state index contributed by atoms with van der Waals surface area (Å²) in [5.74, 6) is 3.28. The molecule has 1 aromatic carbocycles. The molecule has 1 saturated heterocycles. The fourth-order valence-electron chi connectivity index (χ4n) is 3.17. The first-order chi connectivity index (χ1) is 12.9. The lowest BCUT2D eigenvalue weighted by molar-refractivity contribution is 0.0219. The lowest BCUT2D eigenvalue weighted by Gasteiger charge is -2.27. The second kappa shape index (κ2) is 7.25. The first-order valence-electron chi connectivity index (χ1n) is 9.65. The summed E-state index contributed by atoms with van der Waals surface area (Å²) in [6.07, 6.45) is 1.26. The lowest BCUT2D eigenvalue weighted by atomic mass is 10.2. The largest absolute Gasteiger partial charge is 0.444 e. The number of fused-ring (bicyclic) bond motifs is 1. The van der Waals surface area contributed by atoms with Gasteiger partial charge in [-0.05, 0) is 45.7 Å². The van der Waals surface area contributed by atoms with E-state index in [0.717, 1.165) is 12.8 Å². The number of nitrogens with zero attached hydrogens (tertiary/aromatic N) is 2. The topological polar surface area (TPSA) is 58.2 Å². The first kappa shape index (κ1) is 20.4. The van der Waals surface area contributed by atoms with Crippen LogP contribution in [0.15, 0.2) is 12.1 Å². The predicted octanol–water partition coefficient (Wildman–Crippen LogP) is 5.00. The van der Waals surface area contributed by atoms with Crippen LogP contribution in [0, 0.1) is 17.3 Å². The summed E-state index contributed by atoms with van der Waals surface area (Å²) >= 11 is 0. The molecule has 150 valence electrons. The lowest BCUT2D eigenvalue weighted by Crippen LogP contribution is -2.36. The molecule has 0 unspecified atom stereocenters. The predicted molar refractivity (Wildman–Crippen MR) is 111 cm³/mol. The van der Waals surface area contributed by atoms with Crippen LogP contribution in [0.3, 0.4) is 0 Å². The zero-order valence-electron chi connectivity index (χ0n) is 17.4. The quantitative estimate of drug-likeness (QED) is 0.540. The summed E-state index contributed by atoms with van der Waals surface area (Å²) in [5, 5.41) is 0. The average molecular weight is 402 g/mol. The smallest absolute Gasteiger partial charge is 0.410 e. The van der Waals surface area contributed by atoms with Crippen molar-refractivity contribution in [1.29, 1.82) is 0 Å². The zero-order valence-corrected chi connectivity index (χ0v) is 18.4. The second-order valence-electron chi connectivity index (χ2n) is 9.31. The van der Waals surface area contributed by atoms with Crippen LogP contribution < -0.4 is 0 Å². The molecule has 1 aromatic heterocycles. The van der Waals surface area contributed by atoms with E-state index in [1.165, 1.54) is 6.07 Å². The van der Waals surface area contributed by atoms with Crippen molar-refractivity contribution in [2.75, 3.05) is 6.54 Å². The number of carbonyl (C=O) groups is 1. The number of benzene rings is 1. The molecule has 1 aliphatic rings. The maximum absolute atomic E-state index is 14.6. The van der Waals surface area contributed by atoms with E-state index in [2.05, 4.69) is 41.1 Å². The summed E-state index contributed by atoms with van der Waals surface area (Å²) < 4.78 is 20.1. The molecule has 0 radical (unpaired) electrons. The molecule has 0 spiro atoms. The zero-order chi connectivity index (χ0) is 20.7. The Morgan fingerprint density at radius 1 is 1.36 bits per heavy atom. The van der Waals surface area contributed by atoms with Crippen molar-refractivity contribution in [1.82, 2.24) is 14.9 Å². The van der Waals surface area contributed by atoms with Gasteiger partial charge in [0.2, 0.25) is 0 Å². The van der Waals surface area contributed by atoms with E-state index >= 15 is 0 Å². The fourth-order valence-corrected chi connectivity index (χ4v) is 3.69. The van der Waals surface area contributed by atoms with Gasteiger partial charge >= 0.3 is 6.09 Å². The van der Waals surface area contributed by atoms with E-state index in [-0.39, 0.29) is 17.7 Å². The number of nitrogens with one attached hydrogen (secondary N) is 1. The van der Waals surface area contributed by atoms with Crippen molar-refractivity contribution in [3.05, 3.63) is 29.3 Å². The average Bonchev–Trinajstić information content (AvgIpc) is 3.17. The number of hydrogen-bond donors (Lipinski definition) is 1. The number of halogens is 1. The van der Waals surface area contributed by atoms with Crippen molar-refractivity contribution in [2.24, 2.45) is 0 Å². The van der Waals surface area contributed by atoms with Crippen LogP contribution in [0.25, 0.3) is 11.0 Å². The Bertz CT molecular complexity index is 960. The first-order valence-corrected chi connectivity index (χ1v) is 13.1. The molecule has 0 saturated carbocycles. The Hall–Kier alpha value is -2.33. The Kier molecular flexibility index (Phi) is 5.28. The Morgan fingerprint density at radius 2 is 2.07 bits per heavy atom. The van der Waals surface area contributed by atoms with Crippen LogP contribution in [0.2, 0.25) is 19.6 Å². The Morgan fingerprint density at radius 3 is 2.71 bits per heavy atom. The van der Waals surface area contributed by atoms with Crippen LogP contribution in [0.5, 0.6) is 0 Å². The number of aromatic nitrogens is 2. The number of hydrogen-bond acceptors (Lipinski definition) is 3. The normalized spacial score (nSPS) is 17.5. The van der Waals surface area contributed by atoms with E-state index in [0.29, 0.717) is 23.4 Å². The van der Waals surface area contributed by atoms with Gasteiger partial charge in [0.25, 0.3) is 0 Å². The SMILES string of the molecule is CC(C)(C)OC(=O)N1CCC[C@H]1c1nc2c(F)cc(C#C[Si](C)(C)C)cc2[nH]1. The molecule has 2 aromatic rings. The maximum atomic E-state index is 14.6. The highest BCUT2D eigenvalue weighted by Gasteiger charge is 2.35. The minimum atomic E-state index is -1.55. The molecule has 1 aliphatic heterocycles. The maximum Gasteiger partial charge on any atom is 0.410 e. The number of H-pyrrole nitrogens is 1. The molecule has 2 heterocycles. The van der Waals surface area contributed by atoms with Crippen molar-refractivity contribution in [3.8, 4) is 11.5 Å². The highest BCUT2D eigenvalue weighted by Crippen LogP contribution is 2.33. The second-order valence-corrected chi connectivity index (χ2v) is 14.1. The van der Waals surface area contributed by atoms with Gasteiger partial charge in [-0.3, -0.25) is 4.90 Å². The molecule has 5 nitrogen and oxygen atoms in total. The number of aromatic amines is 1. The Labute approximate surface area is 166 Å². The van der Waals surface area contributed by atoms with Gasteiger partial charge in [0.1, 0.15) is 25.0 Å². The molecule has 1 N–H and O–H groups in total. The minimum absolute atomic E-state index is 0.238. The van der Waals surface area contributed by atoms with Crippen molar-refractivity contribution in [2.45, 2.75) is 64.9 Å². The highest BCUT2D eigenvalue weighted by atomic mass is 28.3. The molecule has 1 amide bonds. The van der Waals surface area contributed by atoms with Crippen LogP contribution in [0.1, 0.15) is 51.0 Å². The van der Waals surface area contributed by atoms with Crippen LogP contribution in [0.4, 0.5) is 9.18 Å². The molecule has 3 rings (SSSR count). The number of rotatable bonds is 1. The third kappa shape index (κ3) is 4.74. The number of imidazole rings is 1. The van der Waals surface area contributed by atoms with Crippen LogP contribution >= 0.6 is 0 Å². The molecule has 1 atom stereocenters. The monoisotopic (exact) mass is 401 g/mol. The Balaban J connectivity index is 1.92. The fraction of sp³-hybridized carbons (Fsp3) is 0.524. The molecule has 0 aliphatic carbocycles. The van der Waals surface area contributed by atoms with Crippen molar-refractivity contribution < 1.29 is 13.9 Å². The van der Waals surface area contributed by atoms with Crippen molar-refractivity contribution >= 4 is 25.2 Å². The van der Waals surface area contributed by atoms with Gasteiger partial charge < -0.3 is 9.72 Å². The van der Waals surface area contributed by atoms with Gasteiger partial charge in [-0.15, -0.1) is 5.54 Å².